The number of benzene rings is 1. The Hall–Kier alpha value is -2.98. The van der Waals surface area contributed by atoms with Crippen LogP contribution in [0.5, 0.6) is 0 Å². The molecule has 4 heterocycles. The number of aromatic nitrogens is 2. The van der Waals surface area contributed by atoms with Crippen molar-refractivity contribution in [3.63, 3.8) is 0 Å². The Morgan fingerprint density at radius 3 is 2.53 bits per heavy atom. The Bertz CT molecular complexity index is 1180. The van der Waals surface area contributed by atoms with E-state index in [1.54, 1.807) is 41.3 Å². The van der Waals surface area contributed by atoms with Crippen molar-refractivity contribution < 1.29 is 22.2 Å². The van der Waals surface area contributed by atoms with Gasteiger partial charge in [0.1, 0.15) is 0 Å². The van der Waals surface area contributed by atoms with Crippen molar-refractivity contribution in [2.24, 2.45) is 0 Å². The Labute approximate surface area is 186 Å². The van der Waals surface area contributed by atoms with Gasteiger partial charge in [0.15, 0.2) is 5.76 Å². The topological polar surface area (TPSA) is 110 Å². The van der Waals surface area contributed by atoms with Crippen LogP contribution < -0.4 is 0 Å². The summed E-state index contributed by atoms with van der Waals surface area (Å²) in [5, 5.41) is 4.08. The van der Waals surface area contributed by atoms with Crippen LogP contribution in [0.1, 0.15) is 48.0 Å². The number of hydrogen-bond acceptors (Lipinski definition) is 7. The third-order valence-electron chi connectivity index (χ3n) is 6.05. The van der Waals surface area contributed by atoms with Gasteiger partial charge in [-0.15, -0.1) is 0 Å². The summed E-state index contributed by atoms with van der Waals surface area (Å²) < 4.78 is 37.7. The van der Waals surface area contributed by atoms with Gasteiger partial charge >= 0.3 is 0 Å². The van der Waals surface area contributed by atoms with Crippen LogP contribution in [-0.4, -0.2) is 59.8 Å². The van der Waals surface area contributed by atoms with E-state index in [1.165, 1.54) is 10.6 Å². The zero-order valence-corrected chi connectivity index (χ0v) is 18.3. The summed E-state index contributed by atoms with van der Waals surface area (Å²) in [5.74, 6) is 0.999. The molecule has 2 saturated heterocycles. The van der Waals surface area contributed by atoms with Gasteiger partial charge in [-0.25, -0.2) is 8.42 Å². The minimum Gasteiger partial charge on any atom is -0.459 e. The third-order valence-corrected chi connectivity index (χ3v) is 7.96. The fourth-order valence-electron chi connectivity index (χ4n) is 4.29. The van der Waals surface area contributed by atoms with Crippen LogP contribution in [-0.2, 0) is 10.0 Å². The fraction of sp³-hybridized carbons (Fsp3) is 0.409. The largest absolute Gasteiger partial charge is 0.459 e. The number of amides is 1. The van der Waals surface area contributed by atoms with Gasteiger partial charge in [-0.2, -0.15) is 9.29 Å². The SMILES string of the molecule is O=C(c1ccco1)N1CCCC(c2nc(-c3ccc(S(=O)(=O)N4CCCC4)cc3)no2)C1. The van der Waals surface area contributed by atoms with Gasteiger partial charge in [0, 0.05) is 31.7 Å². The standard InChI is InChI=1S/C22H24N4O5S/c27-22(19-6-4-14-30-19)25-11-3-5-17(15-25)21-23-20(24-31-21)16-7-9-18(10-8-16)32(28,29)26-12-1-2-13-26/h4,6-10,14,17H,1-3,5,11-13,15H2. The summed E-state index contributed by atoms with van der Waals surface area (Å²) in [6.45, 7) is 2.27. The zero-order chi connectivity index (χ0) is 22.1. The molecule has 0 aliphatic carbocycles. The fourth-order valence-corrected chi connectivity index (χ4v) is 5.81. The molecule has 5 rings (SSSR count). The molecule has 32 heavy (non-hydrogen) atoms. The van der Waals surface area contributed by atoms with Crippen molar-refractivity contribution >= 4 is 15.9 Å². The third kappa shape index (κ3) is 3.95. The lowest BCUT2D eigenvalue weighted by atomic mass is 9.97. The molecule has 168 valence electrons. The minimum atomic E-state index is -3.46. The van der Waals surface area contributed by atoms with E-state index in [0.29, 0.717) is 49.2 Å². The molecule has 1 aromatic carbocycles. The highest BCUT2D eigenvalue weighted by Crippen LogP contribution is 2.29. The van der Waals surface area contributed by atoms with Crippen LogP contribution in [0.15, 0.2) is 56.5 Å². The highest BCUT2D eigenvalue weighted by Gasteiger charge is 2.30. The molecule has 10 heteroatoms. The van der Waals surface area contributed by atoms with Crippen LogP contribution in [0.2, 0.25) is 0 Å². The summed E-state index contributed by atoms with van der Waals surface area (Å²) in [5.41, 5.74) is 0.680. The second kappa shape index (κ2) is 8.51. The van der Waals surface area contributed by atoms with E-state index in [4.69, 9.17) is 8.94 Å². The predicted octanol–water partition coefficient (Wildman–Crippen LogP) is 3.13. The molecule has 3 aromatic rings. The van der Waals surface area contributed by atoms with E-state index in [0.717, 1.165) is 25.7 Å². The number of rotatable bonds is 5. The molecule has 0 radical (unpaired) electrons. The summed E-state index contributed by atoms with van der Waals surface area (Å²) >= 11 is 0. The minimum absolute atomic E-state index is 0.0567. The smallest absolute Gasteiger partial charge is 0.289 e. The lowest BCUT2D eigenvalue weighted by molar-refractivity contribution is 0.0663. The maximum Gasteiger partial charge on any atom is 0.289 e. The first-order valence-corrected chi connectivity index (χ1v) is 12.2. The lowest BCUT2D eigenvalue weighted by Gasteiger charge is -2.30. The highest BCUT2D eigenvalue weighted by atomic mass is 32.2. The quantitative estimate of drug-likeness (QED) is 0.580. The number of carbonyl (C=O) groups excluding carboxylic acids is 1. The Morgan fingerprint density at radius 2 is 1.81 bits per heavy atom. The van der Waals surface area contributed by atoms with Crippen molar-refractivity contribution in [3.05, 3.63) is 54.3 Å². The molecule has 1 atom stereocenters. The van der Waals surface area contributed by atoms with Crippen LogP contribution in [0, 0.1) is 0 Å². The van der Waals surface area contributed by atoms with E-state index in [2.05, 4.69) is 10.1 Å². The first-order chi connectivity index (χ1) is 15.5. The first-order valence-electron chi connectivity index (χ1n) is 10.8. The normalized spacial score (nSPS) is 20.0. The lowest BCUT2D eigenvalue weighted by Crippen LogP contribution is -2.39. The van der Waals surface area contributed by atoms with Crippen LogP contribution in [0.4, 0.5) is 0 Å². The molecule has 2 fully saturated rings. The number of furan rings is 1. The maximum absolute atomic E-state index is 12.7. The molecular formula is C22H24N4O5S. The van der Waals surface area contributed by atoms with Gasteiger partial charge in [0.2, 0.25) is 21.7 Å². The summed E-state index contributed by atoms with van der Waals surface area (Å²) in [4.78, 5) is 19.1. The molecule has 2 aromatic heterocycles. The Balaban J connectivity index is 1.30. The maximum atomic E-state index is 12.7. The molecule has 9 nitrogen and oxygen atoms in total. The number of hydrogen-bond donors (Lipinski definition) is 0. The van der Waals surface area contributed by atoms with Crippen LogP contribution in [0.3, 0.4) is 0 Å². The molecule has 0 spiro atoms. The van der Waals surface area contributed by atoms with E-state index in [-0.39, 0.29) is 16.7 Å². The molecule has 0 bridgehead atoms. The molecule has 2 aliphatic rings. The predicted molar refractivity (Wildman–Crippen MR) is 114 cm³/mol. The monoisotopic (exact) mass is 456 g/mol. The molecule has 1 unspecified atom stereocenters. The molecule has 0 saturated carbocycles. The van der Waals surface area contributed by atoms with Gasteiger partial charge in [-0.1, -0.05) is 5.16 Å². The van der Waals surface area contributed by atoms with E-state index < -0.39 is 10.0 Å². The van der Waals surface area contributed by atoms with Crippen molar-refractivity contribution in [1.82, 2.24) is 19.3 Å². The summed E-state index contributed by atoms with van der Waals surface area (Å²) in [6, 6.07) is 9.92. The van der Waals surface area contributed by atoms with Crippen molar-refractivity contribution in [1.29, 1.82) is 0 Å². The average Bonchev–Trinajstić information content (AvgIpc) is 3.61. The van der Waals surface area contributed by atoms with E-state index in [1.807, 2.05) is 0 Å². The van der Waals surface area contributed by atoms with Gasteiger partial charge < -0.3 is 13.8 Å². The summed E-state index contributed by atoms with van der Waals surface area (Å²) in [7, 11) is -3.46. The van der Waals surface area contributed by atoms with Crippen molar-refractivity contribution in [2.45, 2.75) is 36.5 Å². The van der Waals surface area contributed by atoms with Crippen LogP contribution in [0.25, 0.3) is 11.4 Å². The van der Waals surface area contributed by atoms with Gasteiger partial charge in [-0.3, -0.25) is 4.79 Å². The molecule has 0 N–H and O–H groups in total. The van der Waals surface area contributed by atoms with Crippen molar-refractivity contribution in [2.75, 3.05) is 26.2 Å². The number of likely N-dealkylation sites (tertiary alicyclic amines) is 1. The van der Waals surface area contributed by atoms with Crippen molar-refractivity contribution in [3.8, 4) is 11.4 Å². The molecule has 1 amide bonds. The second-order valence-corrected chi connectivity index (χ2v) is 10.1. The number of sulfonamides is 1. The van der Waals surface area contributed by atoms with Crippen LogP contribution >= 0.6 is 0 Å². The summed E-state index contributed by atoms with van der Waals surface area (Å²) in [6.07, 6.45) is 4.96. The first kappa shape index (κ1) is 20.9. The Kier molecular flexibility index (Phi) is 5.56. The number of nitrogens with zero attached hydrogens (tertiary/aromatic N) is 4. The highest BCUT2D eigenvalue weighted by molar-refractivity contribution is 7.89. The Morgan fingerprint density at radius 1 is 1.03 bits per heavy atom. The average molecular weight is 457 g/mol. The molecular weight excluding hydrogens is 432 g/mol. The molecule has 2 aliphatic heterocycles. The number of piperidine rings is 1. The second-order valence-electron chi connectivity index (χ2n) is 8.16. The van der Waals surface area contributed by atoms with E-state index >= 15 is 0 Å². The number of carbonyl (C=O) groups is 1. The van der Waals surface area contributed by atoms with Gasteiger partial charge in [0.25, 0.3) is 5.91 Å². The van der Waals surface area contributed by atoms with Gasteiger partial charge in [0.05, 0.1) is 17.1 Å². The zero-order valence-electron chi connectivity index (χ0n) is 17.5. The van der Waals surface area contributed by atoms with Gasteiger partial charge in [-0.05, 0) is 62.1 Å². The van der Waals surface area contributed by atoms with E-state index in [9.17, 15) is 13.2 Å².